The molecular weight excluding hydrogens is 196 g/mol. The summed E-state index contributed by atoms with van der Waals surface area (Å²) in [5.41, 5.74) is 0. The molecule has 0 bridgehead atoms. The Morgan fingerprint density at radius 3 is 2.67 bits per heavy atom. The van der Waals surface area contributed by atoms with Crippen molar-refractivity contribution >= 4 is 11.9 Å². The third-order valence-electron chi connectivity index (χ3n) is 2.51. The predicted molar refractivity (Wildman–Crippen MR) is 52.0 cm³/mol. The molecule has 1 unspecified atom stereocenters. The molecule has 1 saturated heterocycles. The molecule has 0 aliphatic carbocycles. The SMILES string of the molecule is C[NH+]1CCCN(C(=O)/C=C/C(=O)[O-])CC1. The maximum atomic E-state index is 11.5. The van der Waals surface area contributed by atoms with Gasteiger partial charge in [-0.25, -0.2) is 0 Å². The maximum Gasteiger partial charge on any atom is 0.246 e. The Morgan fingerprint density at radius 2 is 2.00 bits per heavy atom. The van der Waals surface area contributed by atoms with Crippen LogP contribution in [0.5, 0.6) is 0 Å². The van der Waals surface area contributed by atoms with Crippen molar-refractivity contribution in [2.75, 3.05) is 33.2 Å². The van der Waals surface area contributed by atoms with Gasteiger partial charge in [-0.2, -0.15) is 0 Å². The first-order valence-corrected chi connectivity index (χ1v) is 5.09. The second-order valence-electron chi connectivity index (χ2n) is 3.79. The summed E-state index contributed by atoms with van der Waals surface area (Å²) >= 11 is 0. The van der Waals surface area contributed by atoms with E-state index in [4.69, 9.17) is 0 Å². The van der Waals surface area contributed by atoms with E-state index in [1.807, 2.05) is 0 Å². The number of aliphatic carboxylic acids is 1. The van der Waals surface area contributed by atoms with E-state index in [-0.39, 0.29) is 5.91 Å². The van der Waals surface area contributed by atoms with E-state index < -0.39 is 5.97 Å². The molecular formula is C10H16N2O3. The normalized spacial score (nSPS) is 22.7. The highest BCUT2D eigenvalue weighted by Gasteiger charge is 2.16. The Labute approximate surface area is 89.0 Å². The Bertz CT molecular complexity index is 276. The minimum absolute atomic E-state index is 0.242. The standard InChI is InChI=1S/C10H16N2O3/c1-11-5-2-6-12(8-7-11)9(13)3-4-10(14)15/h3-4H,2,5-8H2,1H3,(H,14,15)/b4-3+. The minimum atomic E-state index is -1.33. The zero-order valence-electron chi connectivity index (χ0n) is 8.86. The van der Waals surface area contributed by atoms with E-state index in [0.717, 1.165) is 31.7 Å². The molecule has 1 N–H and O–H groups in total. The van der Waals surface area contributed by atoms with Crippen LogP contribution in [-0.4, -0.2) is 50.0 Å². The molecule has 1 amide bonds. The summed E-state index contributed by atoms with van der Waals surface area (Å²) < 4.78 is 0. The van der Waals surface area contributed by atoms with Gasteiger partial charge in [0.2, 0.25) is 5.91 Å². The van der Waals surface area contributed by atoms with Crippen molar-refractivity contribution in [3.8, 4) is 0 Å². The molecule has 15 heavy (non-hydrogen) atoms. The molecule has 1 atom stereocenters. The van der Waals surface area contributed by atoms with Gasteiger partial charge in [-0.3, -0.25) is 4.79 Å². The van der Waals surface area contributed by atoms with Crippen LogP contribution in [0, 0.1) is 0 Å². The smallest absolute Gasteiger partial charge is 0.246 e. The van der Waals surface area contributed by atoms with E-state index in [9.17, 15) is 14.7 Å². The highest BCUT2D eigenvalue weighted by atomic mass is 16.4. The van der Waals surface area contributed by atoms with E-state index in [1.54, 1.807) is 4.90 Å². The van der Waals surface area contributed by atoms with Gasteiger partial charge in [0, 0.05) is 19.0 Å². The van der Waals surface area contributed by atoms with Crippen molar-refractivity contribution in [3.05, 3.63) is 12.2 Å². The molecule has 1 heterocycles. The van der Waals surface area contributed by atoms with E-state index >= 15 is 0 Å². The fourth-order valence-corrected chi connectivity index (χ4v) is 1.60. The number of nitrogens with one attached hydrogen (secondary N) is 1. The van der Waals surface area contributed by atoms with Crippen molar-refractivity contribution in [3.63, 3.8) is 0 Å². The number of carbonyl (C=O) groups is 2. The largest absolute Gasteiger partial charge is 0.545 e. The maximum absolute atomic E-state index is 11.5. The summed E-state index contributed by atoms with van der Waals surface area (Å²) in [7, 11) is 2.09. The van der Waals surface area contributed by atoms with Crippen molar-refractivity contribution in [2.45, 2.75) is 6.42 Å². The molecule has 1 fully saturated rings. The van der Waals surface area contributed by atoms with Gasteiger partial charge in [0.15, 0.2) is 0 Å². The number of rotatable bonds is 2. The molecule has 0 radical (unpaired) electrons. The molecule has 0 spiro atoms. The van der Waals surface area contributed by atoms with Crippen LogP contribution in [0.15, 0.2) is 12.2 Å². The molecule has 0 aromatic carbocycles. The van der Waals surface area contributed by atoms with Gasteiger partial charge in [0.1, 0.15) is 0 Å². The van der Waals surface area contributed by atoms with Crippen LogP contribution in [0.25, 0.3) is 0 Å². The lowest BCUT2D eigenvalue weighted by atomic mass is 10.3. The van der Waals surface area contributed by atoms with Crippen LogP contribution >= 0.6 is 0 Å². The number of nitrogens with zero attached hydrogens (tertiary/aromatic N) is 1. The van der Waals surface area contributed by atoms with Crippen LogP contribution < -0.4 is 10.0 Å². The number of quaternary nitrogens is 1. The van der Waals surface area contributed by atoms with Gasteiger partial charge in [0.25, 0.3) is 0 Å². The number of hydrogen-bond donors (Lipinski definition) is 1. The Kier molecular flexibility index (Phi) is 4.30. The van der Waals surface area contributed by atoms with Crippen molar-refractivity contribution in [2.24, 2.45) is 0 Å². The minimum Gasteiger partial charge on any atom is -0.545 e. The van der Waals surface area contributed by atoms with Gasteiger partial charge in [-0.05, 0) is 6.08 Å². The summed E-state index contributed by atoms with van der Waals surface area (Å²) in [6.45, 7) is 3.34. The van der Waals surface area contributed by atoms with Gasteiger partial charge in [-0.15, -0.1) is 0 Å². The van der Waals surface area contributed by atoms with E-state index in [2.05, 4.69) is 7.05 Å². The Balaban J connectivity index is 2.48. The molecule has 0 aromatic heterocycles. The first-order valence-electron chi connectivity index (χ1n) is 5.09. The second kappa shape index (κ2) is 5.50. The van der Waals surface area contributed by atoms with Crippen molar-refractivity contribution < 1.29 is 19.6 Å². The highest BCUT2D eigenvalue weighted by Crippen LogP contribution is 1.95. The Morgan fingerprint density at radius 1 is 1.27 bits per heavy atom. The number of hydrogen-bond acceptors (Lipinski definition) is 3. The summed E-state index contributed by atoms with van der Waals surface area (Å²) in [6, 6.07) is 0. The van der Waals surface area contributed by atoms with Crippen LogP contribution in [0.3, 0.4) is 0 Å². The van der Waals surface area contributed by atoms with Crippen LogP contribution in [0.1, 0.15) is 6.42 Å². The number of likely N-dealkylation sites (N-methyl/N-ethyl adjacent to an activating group) is 1. The molecule has 0 aromatic rings. The average molecular weight is 212 g/mol. The highest BCUT2D eigenvalue weighted by molar-refractivity contribution is 5.93. The number of carbonyl (C=O) groups excluding carboxylic acids is 2. The molecule has 5 nitrogen and oxygen atoms in total. The third-order valence-corrected chi connectivity index (χ3v) is 2.51. The lowest BCUT2D eigenvalue weighted by molar-refractivity contribution is -0.877. The first kappa shape index (κ1) is 11.7. The third kappa shape index (κ3) is 4.12. The topological polar surface area (TPSA) is 64.9 Å². The van der Waals surface area contributed by atoms with Crippen LogP contribution in [0.2, 0.25) is 0 Å². The molecule has 1 aliphatic heterocycles. The van der Waals surface area contributed by atoms with Gasteiger partial charge in [-0.1, -0.05) is 0 Å². The van der Waals surface area contributed by atoms with E-state index in [1.165, 1.54) is 4.90 Å². The number of amides is 1. The first-order chi connectivity index (χ1) is 7.09. The zero-order valence-corrected chi connectivity index (χ0v) is 8.86. The fraction of sp³-hybridized carbons (Fsp3) is 0.600. The van der Waals surface area contributed by atoms with Crippen molar-refractivity contribution in [1.29, 1.82) is 0 Å². The molecule has 0 saturated carbocycles. The summed E-state index contributed by atoms with van der Waals surface area (Å²) in [6.07, 6.45) is 2.80. The zero-order chi connectivity index (χ0) is 11.3. The quantitative estimate of drug-likeness (QED) is 0.497. The van der Waals surface area contributed by atoms with Gasteiger partial charge in [0.05, 0.1) is 32.7 Å². The fourth-order valence-electron chi connectivity index (χ4n) is 1.60. The Hall–Kier alpha value is -1.36. The second-order valence-corrected chi connectivity index (χ2v) is 3.79. The van der Waals surface area contributed by atoms with Crippen LogP contribution in [0.4, 0.5) is 0 Å². The number of carboxylic acid groups (broad SMARTS) is 1. The predicted octanol–water partition coefficient (Wildman–Crippen LogP) is -2.96. The van der Waals surface area contributed by atoms with Gasteiger partial charge < -0.3 is 19.7 Å². The van der Waals surface area contributed by atoms with Crippen molar-refractivity contribution in [1.82, 2.24) is 4.90 Å². The number of carboxylic acids is 1. The molecule has 1 aliphatic rings. The summed E-state index contributed by atoms with van der Waals surface area (Å²) in [5.74, 6) is -1.57. The van der Waals surface area contributed by atoms with Crippen LogP contribution in [-0.2, 0) is 9.59 Å². The average Bonchev–Trinajstić information content (AvgIpc) is 2.39. The lowest BCUT2D eigenvalue weighted by Gasteiger charge is -2.17. The summed E-state index contributed by atoms with van der Waals surface area (Å²) in [4.78, 5) is 24.7. The molecule has 5 heteroatoms. The van der Waals surface area contributed by atoms with Gasteiger partial charge >= 0.3 is 0 Å². The summed E-state index contributed by atoms with van der Waals surface area (Å²) in [5, 5.41) is 10.1. The molecule has 1 rings (SSSR count). The van der Waals surface area contributed by atoms with E-state index in [0.29, 0.717) is 13.1 Å². The lowest BCUT2D eigenvalue weighted by Crippen LogP contribution is -3.09. The monoisotopic (exact) mass is 212 g/mol. The molecule has 84 valence electrons.